The van der Waals surface area contributed by atoms with Gasteiger partial charge in [-0.15, -0.1) is 0 Å². The van der Waals surface area contributed by atoms with E-state index < -0.39 is 11.7 Å². The highest BCUT2D eigenvalue weighted by Gasteiger charge is 2.28. The Morgan fingerprint density at radius 2 is 1.75 bits per heavy atom. The summed E-state index contributed by atoms with van der Waals surface area (Å²) in [7, 11) is 0. The van der Waals surface area contributed by atoms with E-state index in [4.69, 9.17) is 0 Å². The number of hydrogen-bond donors (Lipinski definition) is 2. The molecule has 0 saturated heterocycles. The molecule has 0 saturated carbocycles. The third-order valence-corrected chi connectivity index (χ3v) is 2.17. The highest BCUT2D eigenvalue weighted by atomic mass is 16.3. The Hall–Kier alpha value is -0.860. The molecule has 66 valence electrons. The van der Waals surface area contributed by atoms with Gasteiger partial charge in [0.15, 0.2) is 0 Å². The van der Waals surface area contributed by atoms with Crippen molar-refractivity contribution >= 4 is 0 Å². The van der Waals surface area contributed by atoms with Gasteiger partial charge in [-0.05, 0) is 19.4 Å². The van der Waals surface area contributed by atoms with Gasteiger partial charge >= 0.3 is 0 Å². The van der Waals surface area contributed by atoms with E-state index in [1.165, 1.54) is 0 Å². The van der Waals surface area contributed by atoms with Crippen LogP contribution in [0, 0.1) is 0 Å². The molecule has 2 nitrogen and oxygen atoms in total. The smallest absolute Gasteiger partial charge is 0.112 e. The fourth-order valence-electron chi connectivity index (χ4n) is 1.02. The van der Waals surface area contributed by atoms with E-state index in [9.17, 15) is 10.2 Å². The molecule has 0 heterocycles. The first-order chi connectivity index (χ1) is 5.55. The molecule has 1 rings (SSSR count). The number of rotatable bonds is 2. The third kappa shape index (κ3) is 1.65. The Balaban J connectivity index is 2.98. The standard InChI is InChI=1S/C10H14O2/c1-8(11)10(2,12)9-6-4-3-5-7-9/h3-8,11-12H,1-2H3/t8-,10+/m1/s1. The summed E-state index contributed by atoms with van der Waals surface area (Å²) in [5, 5.41) is 19.1. The average Bonchev–Trinajstić information content (AvgIpc) is 2.06. The molecule has 0 unspecified atom stereocenters. The molecule has 12 heavy (non-hydrogen) atoms. The molecular formula is C10H14O2. The van der Waals surface area contributed by atoms with Gasteiger partial charge in [0.1, 0.15) is 5.60 Å². The monoisotopic (exact) mass is 166 g/mol. The predicted molar refractivity (Wildman–Crippen MR) is 47.7 cm³/mol. The van der Waals surface area contributed by atoms with Crippen molar-refractivity contribution < 1.29 is 10.2 Å². The van der Waals surface area contributed by atoms with Crippen molar-refractivity contribution in [1.29, 1.82) is 0 Å². The second-order valence-corrected chi connectivity index (χ2v) is 3.19. The number of aliphatic hydroxyl groups is 2. The topological polar surface area (TPSA) is 40.5 Å². The quantitative estimate of drug-likeness (QED) is 0.694. The van der Waals surface area contributed by atoms with E-state index >= 15 is 0 Å². The van der Waals surface area contributed by atoms with E-state index in [1.54, 1.807) is 26.0 Å². The Morgan fingerprint density at radius 3 is 2.17 bits per heavy atom. The van der Waals surface area contributed by atoms with Crippen molar-refractivity contribution in [3.05, 3.63) is 35.9 Å². The molecule has 0 fully saturated rings. The number of hydrogen-bond acceptors (Lipinski definition) is 2. The van der Waals surface area contributed by atoms with Crippen LogP contribution < -0.4 is 0 Å². The molecule has 0 aliphatic carbocycles. The highest BCUT2D eigenvalue weighted by molar-refractivity contribution is 5.22. The number of benzene rings is 1. The average molecular weight is 166 g/mol. The number of aliphatic hydroxyl groups excluding tert-OH is 1. The Kier molecular flexibility index (Phi) is 2.50. The molecule has 0 aliphatic heterocycles. The maximum Gasteiger partial charge on any atom is 0.112 e. The Labute approximate surface area is 72.5 Å². The lowest BCUT2D eigenvalue weighted by atomic mass is 9.91. The molecular weight excluding hydrogens is 152 g/mol. The summed E-state index contributed by atoms with van der Waals surface area (Å²) in [6.07, 6.45) is -0.764. The first-order valence-electron chi connectivity index (χ1n) is 4.01. The Morgan fingerprint density at radius 1 is 1.25 bits per heavy atom. The third-order valence-electron chi connectivity index (χ3n) is 2.17. The van der Waals surface area contributed by atoms with Crippen LogP contribution in [0.15, 0.2) is 30.3 Å². The van der Waals surface area contributed by atoms with Crippen molar-refractivity contribution in [3.63, 3.8) is 0 Å². The van der Waals surface area contributed by atoms with Crippen LogP contribution in [0.4, 0.5) is 0 Å². The SMILES string of the molecule is C[C@@H](O)[C@](C)(O)c1ccccc1. The minimum Gasteiger partial charge on any atom is -0.390 e. The van der Waals surface area contributed by atoms with Crippen LogP contribution in [0.25, 0.3) is 0 Å². The van der Waals surface area contributed by atoms with Gasteiger partial charge < -0.3 is 10.2 Å². The van der Waals surface area contributed by atoms with Crippen LogP contribution in [-0.2, 0) is 5.60 Å². The molecule has 0 spiro atoms. The zero-order chi connectivity index (χ0) is 9.19. The lowest BCUT2D eigenvalue weighted by molar-refractivity contribution is -0.0569. The summed E-state index contributed by atoms with van der Waals surface area (Å²) in [6, 6.07) is 9.15. The van der Waals surface area contributed by atoms with Crippen LogP contribution in [0.1, 0.15) is 19.4 Å². The van der Waals surface area contributed by atoms with E-state index in [0.29, 0.717) is 0 Å². The summed E-state index contributed by atoms with van der Waals surface area (Å²) >= 11 is 0. The van der Waals surface area contributed by atoms with Gasteiger partial charge in [-0.25, -0.2) is 0 Å². The van der Waals surface area contributed by atoms with Gasteiger partial charge in [0, 0.05) is 0 Å². The lowest BCUT2D eigenvalue weighted by Crippen LogP contribution is -2.33. The van der Waals surface area contributed by atoms with Gasteiger partial charge in [-0.3, -0.25) is 0 Å². The van der Waals surface area contributed by atoms with Gasteiger partial charge in [-0.2, -0.15) is 0 Å². The largest absolute Gasteiger partial charge is 0.390 e. The summed E-state index contributed by atoms with van der Waals surface area (Å²) in [4.78, 5) is 0. The predicted octanol–water partition coefficient (Wildman–Crippen LogP) is 1.27. The minimum atomic E-state index is -1.15. The van der Waals surface area contributed by atoms with Crippen molar-refractivity contribution in [2.75, 3.05) is 0 Å². The fourth-order valence-corrected chi connectivity index (χ4v) is 1.02. The zero-order valence-corrected chi connectivity index (χ0v) is 7.36. The molecule has 2 heteroatoms. The summed E-state index contributed by atoms with van der Waals surface area (Å²) in [5.74, 6) is 0. The molecule has 2 N–H and O–H groups in total. The summed E-state index contributed by atoms with van der Waals surface area (Å²) in [6.45, 7) is 3.18. The van der Waals surface area contributed by atoms with E-state index in [0.717, 1.165) is 5.56 Å². The molecule has 0 aromatic heterocycles. The van der Waals surface area contributed by atoms with Gasteiger partial charge in [0.2, 0.25) is 0 Å². The molecule has 1 aromatic carbocycles. The molecule has 0 amide bonds. The van der Waals surface area contributed by atoms with E-state index in [1.807, 2.05) is 18.2 Å². The summed E-state index contributed by atoms with van der Waals surface area (Å²) < 4.78 is 0. The molecule has 1 aromatic rings. The van der Waals surface area contributed by atoms with Crippen molar-refractivity contribution in [2.24, 2.45) is 0 Å². The second kappa shape index (κ2) is 3.25. The van der Waals surface area contributed by atoms with Crippen LogP contribution in [0.3, 0.4) is 0 Å². The van der Waals surface area contributed by atoms with Crippen LogP contribution in [0.2, 0.25) is 0 Å². The first-order valence-corrected chi connectivity index (χ1v) is 4.01. The van der Waals surface area contributed by atoms with E-state index in [-0.39, 0.29) is 0 Å². The first kappa shape index (κ1) is 9.23. The fraction of sp³-hybridized carbons (Fsp3) is 0.400. The molecule has 0 aliphatic rings. The van der Waals surface area contributed by atoms with E-state index in [2.05, 4.69) is 0 Å². The molecule has 0 radical (unpaired) electrons. The van der Waals surface area contributed by atoms with Gasteiger partial charge in [0.05, 0.1) is 6.10 Å². The normalized spacial score (nSPS) is 18.3. The molecule has 0 bridgehead atoms. The lowest BCUT2D eigenvalue weighted by Gasteiger charge is -2.26. The highest BCUT2D eigenvalue weighted by Crippen LogP contribution is 2.23. The van der Waals surface area contributed by atoms with Crippen LogP contribution >= 0.6 is 0 Å². The Bertz CT molecular complexity index is 239. The second-order valence-electron chi connectivity index (χ2n) is 3.19. The van der Waals surface area contributed by atoms with Crippen LogP contribution in [-0.4, -0.2) is 16.3 Å². The molecule has 2 atom stereocenters. The van der Waals surface area contributed by atoms with Crippen molar-refractivity contribution in [2.45, 2.75) is 25.6 Å². The maximum absolute atomic E-state index is 9.81. The van der Waals surface area contributed by atoms with Gasteiger partial charge in [-0.1, -0.05) is 30.3 Å². The zero-order valence-electron chi connectivity index (χ0n) is 7.36. The minimum absolute atomic E-state index is 0.736. The van der Waals surface area contributed by atoms with Crippen LogP contribution in [0.5, 0.6) is 0 Å². The maximum atomic E-state index is 9.81. The van der Waals surface area contributed by atoms with Crippen molar-refractivity contribution in [1.82, 2.24) is 0 Å². The summed E-state index contributed by atoms with van der Waals surface area (Å²) in [5.41, 5.74) is -0.415. The van der Waals surface area contributed by atoms with Gasteiger partial charge in [0.25, 0.3) is 0 Å². The van der Waals surface area contributed by atoms with Crippen molar-refractivity contribution in [3.8, 4) is 0 Å².